The van der Waals surface area contributed by atoms with Gasteiger partial charge in [0.25, 0.3) is 0 Å². The number of hydrogen-bond acceptors (Lipinski definition) is 5. The molecule has 0 saturated carbocycles. The van der Waals surface area contributed by atoms with Crippen LogP contribution in [0.25, 0.3) is 16.9 Å². The number of methoxy groups -OCH3 is 1. The van der Waals surface area contributed by atoms with Crippen molar-refractivity contribution in [1.29, 1.82) is 0 Å². The van der Waals surface area contributed by atoms with Crippen molar-refractivity contribution < 1.29 is 17.9 Å². The first-order valence-electron chi connectivity index (χ1n) is 7.44. The van der Waals surface area contributed by atoms with Crippen LogP contribution in [0.1, 0.15) is 10.5 Å². The molecule has 2 aromatic carbocycles. The molecule has 0 atom stereocenters. The fourth-order valence-corrected chi connectivity index (χ4v) is 3.06. The highest BCUT2D eigenvalue weighted by molar-refractivity contribution is 7.90. The molecule has 0 aliphatic rings. The summed E-state index contributed by atoms with van der Waals surface area (Å²) in [5.74, 6) is -0.538. The first-order chi connectivity index (χ1) is 11.9. The molecular formula is C18H16N2O4S. The van der Waals surface area contributed by atoms with Gasteiger partial charge in [-0.05, 0) is 30.3 Å². The average Bonchev–Trinajstić information content (AvgIpc) is 3.06. The first kappa shape index (κ1) is 16.9. The molecule has 0 bridgehead atoms. The summed E-state index contributed by atoms with van der Waals surface area (Å²) in [7, 11) is -1.98. The zero-order chi connectivity index (χ0) is 18.0. The van der Waals surface area contributed by atoms with Gasteiger partial charge in [0, 0.05) is 11.8 Å². The number of rotatable bonds is 4. The van der Waals surface area contributed by atoms with Gasteiger partial charge in [-0.2, -0.15) is 5.10 Å². The summed E-state index contributed by atoms with van der Waals surface area (Å²) >= 11 is 0. The normalized spacial score (nSPS) is 11.3. The molecule has 128 valence electrons. The van der Waals surface area contributed by atoms with E-state index in [1.165, 1.54) is 19.2 Å². The maximum Gasteiger partial charge on any atom is 0.358 e. The van der Waals surface area contributed by atoms with Crippen LogP contribution < -0.4 is 0 Å². The SMILES string of the molecule is COC(=O)c1cc(-c2ccc(S(C)(=O)=O)cc2)n(-c2ccccc2)n1. The summed E-state index contributed by atoms with van der Waals surface area (Å²) in [6.45, 7) is 0. The second-order valence-electron chi connectivity index (χ2n) is 5.45. The molecule has 0 spiro atoms. The summed E-state index contributed by atoms with van der Waals surface area (Å²) in [6, 6.07) is 17.4. The Bertz CT molecular complexity index is 1010. The summed E-state index contributed by atoms with van der Waals surface area (Å²) in [5, 5.41) is 4.32. The molecule has 0 unspecified atom stereocenters. The van der Waals surface area contributed by atoms with Gasteiger partial charge < -0.3 is 4.74 Å². The van der Waals surface area contributed by atoms with E-state index in [0.29, 0.717) is 5.69 Å². The average molecular weight is 356 g/mol. The van der Waals surface area contributed by atoms with Crippen LogP contribution in [0.15, 0.2) is 65.6 Å². The van der Waals surface area contributed by atoms with Crippen LogP contribution in [0.4, 0.5) is 0 Å². The number of hydrogen-bond donors (Lipinski definition) is 0. The van der Waals surface area contributed by atoms with E-state index in [2.05, 4.69) is 5.10 Å². The zero-order valence-electron chi connectivity index (χ0n) is 13.7. The molecule has 0 radical (unpaired) electrons. The van der Waals surface area contributed by atoms with E-state index in [1.807, 2.05) is 30.3 Å². The molecule has 0 fully saturated rings. The molecule has 0 aliphatic carbocycles. The number of sulfone groups is 1. The fraction of sp³-hybridized carbons (Fsp3) is 0.111. The summed E-state index contributed by atoms with van der Waals surface area (Å²) in [6.07, 6.45) is 1.16. The number of benzene rings is 2. The van der Waals surface area contributed by atoms with Crippen LogP contribution in [0.5, 0.6) is 0 Å². The lowest BCUT2D eigenvalue weighted by molar-refractivity contribution is 0.0593. The second-order valence-corrected chi connectivity index (χ2v) is 7.47. The molecule has 3 aromatic rings. The Labute approximate surface area is 145 Å². The van der Waals surface area contributed by atoms with E-state index in [0.717, 1.165) is 17.5 Å². The quantitative estimate of drug-likeness (QED) is 0.672. The van der Waals surface area contributed by atoms with Crippen molar-refractivity contribution in [2.45, 2.75) is 4.90 Å². The van der Waals surface area contributed by atoms with Crippen molar-refractivity contribution in [3.63, 3.8) is 0 Å². The second kappa shape index (κ2) is 6.52. The number of aromatic nitrogens is 2. The molecule has 7 heteroatoms. The number of para-hydroxylation sites is 1. The van der Waals surface area contributed by atoms with Gasteiger partial charge in [0.2, 0.25) is 0 Å². The monoisotopic (exact) mass is 356 g/mol. The molecule has 0 aliphatic heterocycles. The van der Waals surface area contributed by atoms with Crippen molar-refractivity contribution >= 4 is 15.8 Å². The van der Waals surface area contributed by atoms with Crippen molar-refractivity contribution in [3.05, 3.63) is 66.4 Å². The molecule has 0 saturated heterocycles. The highest BCUT2D eigenvalue weighted by Crippen LogP contribution is 2.25. The number of esters is 1. The maximum atomic E-state index is 11.8. The smallest absolute Gasteiger partial charge is 0.358 e. The molecule has 0 N–H and O–H groups in total. The van der Waals surface area contributed by atoms with E-state index in [1.54, 1.807) is 22.9 Å². The molecule has 6 nitrogen and oxygen atoms in total. The summed E-state index contributed by atoms with van der Waals surface area (Å²) in [4.78, 5) is 12.1. The topological polar surface area (TPSA) is 78.3 Å². The predicted molar refractivity (Wildman–Crippen MR) is 93.4 cm³/mol. The standard InChI is InChI=1S/C18H16N2O4S/c1-24-18(21)16-12-17(20(19-16)14-6-4-3-5-7-14)13-8-10-15(11-9-13)25(2,22)23/h3-12H,1-2H3. The number of carbonyl (C=O) groups is 1. The van der Waals surface area contributed by atoms with Crippen molar-refractivity contribution in [2.75, 3.05) is 13.4 Å². The van der Waals surface area contributed by atoms with Crippen LogP contribution in [0.3, 0.4) is 0 Å². The van der Waals surface area contributed by atoms with Gasteiger partial charge in [0.15, 0.2) is 15.5 Å². The molecule has 3 rings (SSSR count). The van der Waals surface area contributed by atoms with Gasteiger partial charge in [-0.3, -0.25) is 0 Å². The fourth-order valence-electron chi connectivity index (χ4n) is 2.43. The van der Waals surface area contributed by atoms with Crippen molar-refractivity contribution in [1.82, 2.24) is 9.78 Å². The molecule has 1 aromatic heterocycles. The van der Waals surface area contributed by atoms with Crippen LogP contribution in [0, 0.1) is 0 Å². The summed E-state index contributed by atoms with van der Waals surface area (Å²) < 4.78 is 29.6. The Balaban J connectivity index is 2.14. The Morgan fingerprint density at radius 2 is 1.68 bits per heavy atom. The Morgan fingerprint density at radius 3 is 2.24 bits per heavy atom. The number of ether oxygens (including phenoxy) is 1. The van der Waals surface area contributed by atoms with Crippen molar-refractivity contribution in [3.8, 4) is 16.9 Å². The summed E-state index contributed by atoms with van der Waals surface area (Å²) in [5.41, 5.74) is 2.35. The third kappa shape index (κ3) is 3.46. The molecule has 25 heavy (non-hydrogen) atoms. The Kier molecular flexibility index (Phi) is 4.41. The lowest BCUT2D eigenvalue weighted by atomic mass is 10.1. The van der Waals surface area contributed by atoms with Crippen LogP contribution in [-0.4, -0.2) is 37.5 Å². The largest absolute Gasteiger partial charge is 0.464 e. The lowest BCUT2D eigenvalue weighted by Crippen LogP contribution is -2.04. The third-order valence-electron chi connectivity index (χ3n) is 3.68. The van der Waals surface area contributed by atoms with Gasteiger partial charge in [-0.15, -0.1) is 0 Å². The van der Waals surface area contributed by atoms with Gasteiger partial charge in [-0.1, -0.05) is 30.3 Å². The Hall–Kier alpha value is -2.93. The minimum Gasteiger partial charge on any atom is -0.464 e. The first-order valence-corrected chi connectivity index (χ1v) is 9.33. The van der Waals surface area contributed by atoms with Crippen LogP contribution >= 0.6 is 0 Å². The van der Waals surface area contributed by atoms with E-state index >= 15 is 0 Å². The van der Waals surface area contributed by atoms with Crippen LogP contribution in [-0.2, 0) is 14.6 Å². The molecule has 0 amide bonds. The van der Waals surface area contributed by atoms with E-state index < -0.39 is 15.8 Å². The van der Waals surface area contributed by atoms with Gasteiger partial charge in [-0.25, -0.2) is 17.9 Å². The third-order valence-corrected chi connectivity index (χ3v) is 4.81. The number of nitrogens with zero attached hydrogens (tertiary/aromatic N) is 2. The lowest BCUT2D eigenvalue weighted by Gasteiger charge is -2.08. The van der Waals surface area contributed by atoms with E-state index in [9.17, 15) is 13.2 Å². The predicted octanol–water partition coefficient (Wildman–Crippen LogP) is 2.73. The van der Waals surface area contributed by atoms with Crippen molar-refractivity contribution in [2.24, 2.45) is 0 Å². The number of carbonyl (C=O) groups excluding carboxylic acids is 1. The minimum absolute atomic E-state index is 0.175. The van der Waals surface area contributed by atoms with Gasteiger partial charge in [0.05, 0.1) is 23.4 Å². The highest BCUT2D eigenvalue weighted by atomic mass is 32.2. The zero-order valence-corrected chi connectivity index (χ0v) is 14.5. The molecular weight excluding hydrogens is 340 g/mol. The minimum atomic E-state index is -3.27. The molecule has 1 heterocycles. The van der Waals surface area contributed by atoms with E-state index in [4.69, 9.17) is 4.74 Å². The van der Waals surface area contributed by atoms with Gasteiger partial charge >= 0.3 is 5.97 Å². The Morgan fingerprint density at radius 1 is 1.04 bits per heavy atom. The van der Waals surface area contributed by atoms with Crippen LogP contribution in [0.2, 0.25) is 0 Å². The maximum absolute atomic E-state index is 11.8. The van der Waals surface area contributed by atoms with Gasteiger partial charge in [0.1, 0.15) is 0 Å². The van der Waals surface area contributed by atoms with E-state index in [-0.39, 0.29) is 10.6 Å². The highest BCUT2D eigenvalue weighted by Gasteiger charge is 2.17.